The molecule has 10 heteroatoms. The van der Waals surface area contributed by atoms with Crippen molar-refractivity contribution in [3.63, 3.8) is 0 Å². The van der Waals surface area contributed by atoms with E-state index >= 15 is 0 Å². The number of nitrogens with one attached hydrogen (secondary N) is 1. The van der Waals surface area contributed by atoms with Crippen LogP contribution < -0.4 is 5.32 Å². The molecule has 0 radical (unpaired) electrons. The molecule has 1 N–H and O–H groups in total. The maximum absolute atomic E-state index is 12.3. The Morgan fingerprint density at radius 2 is 2.00 bits per heavy atom. The van der Waals surface area contributed by atoms with Gasteiger partial charge in [0.05, 0.1) is 49.5 Å². The van der Waals surface area contributed by atoms with Crippen LogP contribution in [0.3, 0.4) is 0 Å². The molecule has 2 aliphatic rings. The monoisotopic (exact) mass is 399 g/mol. The Labute approximate surface area is 160 Å². The Balaban J connectivity index is 1.54. The highest BCUT2D eigenvalue weighted by Crippen LogP contribution is 2.16. The minimum atomic E-state index is -3.23. The van der Waals surface area contributed by atoms with Crippen molar-refractivity contribution in [2.24, 2.45) is 0 Å². The van der Waals surface area contributed by atoms with Crippen molar-refractivity contribution in [1.29, 1.82) is 0 Å². The SMILES string of the molecule is C[C@@H]1CN(CC(=O)NCc2cc3n(n2)CCCN(S(C)(=O)=O)C3)C[C@H](C)O1. The Morgan fingerprint density at radius 3 is 2.67 bits per heavy atom. The Hall–Kier alpha value is -1.49. The summed E-state index contributed by atoms with van der Waals surface area (Å²) in [6.07, 6.45) is 2.21. The molecule has 0 unspecified atom stereocenters. The van der Waals surface area contributed by atoms with E-state index in [9.17, 15) is 13.2 Å². The fourth-order valence-corrected chi connectivity index (χ4v) is 4.55. The predicted molar refractivity (Wildman–Crippen MR) is 100 cm³/mol. The third-order valence-corrected chi connectivity index (χ3v) is 6.08. The van der Waals surface area contributed by atoms with E-state index in [-0.39, 0.29) is 18.1 Å². The number of nitrogens with zero attached hydrogens (tertiary/aromatic N) is 4. The lowest BCUT2D eigenvalue weighted by Gasteiger charge is -2.34. The van der Waals surface area contributed by atoms with Crippen molar-refractivity contribution in [2.75, 3.05) is 32.4 Å². The molecule has 1 aromatic rings. The normalized spacial score (nSPS) is 25.0. The second-order valence-electron chi connectivity index (χ2n) is 7.53. The minimum Gasteiger partial charge on any atom is -0.373 e. The summed E-state index contributed by atoms with van der Waals surface area (Å²) < 4.78 is 32.7. The predicted octanol–water partition coefficient (Wildman–Crippen LogP) is -0.226. The lowest BCUT2D eigenvalue weighted by atomic mass is 10.2. The fourth-order valence-electron chi connectivity index (χ4n) is 3.72. The number of sulfonamides is 1. The number of carbonyl (C=O) groups excluding carboxylic acids is 1. The molecule has 3 heterocycles. The summed E-state index contributed by atoms with van der Waals surface area (Å²) in [6.45, 7) is 7.71. The number of hydrogen-bond donors (Lipinski definition) is 1. The van der Waals surface area contributed by atoms with Crippen LogP contribution in [0.15, 0.2) is 6.07 Å². The molecule has 152 valence electrons. The van der Waals surface area contributed by atoms with Gasteiger partial charge >= 0.3 is 0 Å². The number of aryl methyl sites for hydroxylation is 1. The van der Waals surface area contributed by atoms with Gasteiger partial charge in [0, 0.05) is 26.2 Å². The Bertz CT molecular complexity index is 768. The molecule has 0 bridgehead atoms. The molecule has 0 aliphatic carbocycles. The van der Waals surface area contributed by atoms with Crippen molar-refractivity contribution in [2.45, 2.75) is 52.1 Å². The van der Waals surface area contributed by atoms with Crippen LogP contribution >= 0.6 is 0 Å². The highest BCUT2D eigenvalue weighted by molar-refractivity contribution is 7.88. The number of morpholine rings is 1. The Kier molecular flexibility index (Phi) is 6.19. The van der Waals surface area contributed by atoms with Gasteiger partial charge in [-0.05, 0) is 26.3 Å². The van der Waals surface area contributed by atoms with Gasteiger partial charge < -0.3 is 10.1 Å². The summed E-state index contributed by atoms with van der Waals surface area (Å²) in [4.78, 5) is 14.4. The second-order valence-corrected chi connectivity index (χ2v) is 9.51. The quantitative estimate of drug-likeness (QED) is 0.735. The maximum atomic E-state index is 12.3. The van der Waals surface area contributed by atoms with Gasteiger partial charge in [0.25, 0.3) is 0 Å². The van der Waals surface area contributed by atoms with Crippen LogP contribution in [0.4, 0.5) is 0 Å². The average molecular weight is 400 g/mol. The summed E-state index contributed by atoms with van der Waals surface area (Å²) in [5.74, 6) is -0.0442. The van der Waals surface area contributed by atoms with Gasteiger partial charge in [-0.1, -0.05) is 0 Å². The molecular formula is C17H29N5O4S. The van der Waals surface area contributed by atoms with Crippen LogP contribution in [0.1, 0.15) is 31.7 Å². The third kappa shape index (κ3) is 5.50. The molecule has 2 atom stereocenters. The van der Waals surface area contributed by atoms with Crippen molar-refractivity contribution in [3.05, 3.63) is 17.5 Å². The molecule has 0 spiro atoms. The molecule has 1 aromatic heterocycles. The van der Waals surface area contributed by atoms with Crippen molar-refractivity contribution < 1.29 is 17.9 Å². The van der Waals surface area contributed by atoms with Crippen LogP contribution in [-0.4, -0.2) is 78.0 Å². The number of fused-ring (bicyclic) bond motifs is 1. The molecule has 3 rings (SSSR count). The number of aromatic nitrogens is 2. The van der Waals surface area contributed by atoms with Gasteiger partial charge in [-0.15, -0.1) is 0 Å². The van der Waals surface area contributed by atoms with E-state index in [2.05, 4.69) is 15.3 Å². The first-order valence-electron chi connectivity index (χ1n) is 9.36. The number of carbonyl (C=O) groups is 1. The van der Waals surface area contributed by atoms with Gasteiger partial charge in [-0.25, -0.2) is 8.42 Å². The van der Waals surface area contributed by atoms with Crippen LogP contribution in [0, 0.1) is 0 Å². The first kappa shape index (κ1) is 20.2. The largest absolute Gasteiger partial charge is 0.373 e. The van der Waals surface area contributed by atoms with E-state index in [1.165, 1.54) is 10.6 Å². The minimum absolute atomic E-state index is 0.0442. The Morgan fingerprint density at radius 1 is 1.30 bits per heavy atom. The van der Waals surface area contributed by atoms with E-state index in [0.29, 0.717) is 32.7 Å². The molecule has 1 amide bonds. The van der Waals surface area contributed by atoms with Gasteiger partial charge in [0.1, 0.15) is 0 Å². The van der Waals surface area contributed by atoms with E-state index in [1.54, 1.807) is 0 Å². The highest BCUT2D eigenvalue weighted by atomic mass is 32.2. The molecule has 1 saturated heterocycles. The van der Waals surface area contributed by atoms with E-state index in [4.69, 9.17) is 4.74 Å². The summed E-state index contributed by atoms with van der Waals surface area (Å²) in [6, 6.07) is 1.88. The number of ether oxygens (including phenoxy) is 1. The van der Waals surface area contributed by atoms with Crippen molar-refractivity contribution in [3.8, 4) is 0 Å². The average Bonchev–Trinajstić information content (AvgIpc) is 2.81. The van der Waals surface area contributed by atoms with Gasteiger partial charge in [-0.2, -0.15) is 9.40 Å². The van der Waals surface area contributed by atoms with Crippen LogP contribution in [0.2, 0.25) is 0 Å². The zero-order valence-electron chi connectivity index (χ0n) is 16.2. The first-order chi connectivity index (χ1) is 12.7. The number of hydrogen-bond acceptors (Lipinski definition) is 6. The zero-order chi connectivity index (χ0) is 19.6. The lowest BCUT2D eigenvalue weighted by Crippen LogP contribution is -2.49. The molecule has 0 saturated carbocycles. The standard InChI is InChI=1S/C17H29N5O4S/c1-13-9-20(10-14(2)26-13)12-17(23)18-8-15-7-16-11-21(27(3,24)25)5-4-6-22(16)19-15/h7,13-14H,4-6,8-12H2,1-3H3,(H,18,23)/t13-,14+. The maximum Gasteiger partial charge on any atom is 0.234 e. The first-order valence-corrected chi connectivity index (χ1v) is 11.2. The van der Waals surface area contributed by atoms with Gasteiger partial charge in [0.2, 0.25) is 15.9 Å². The van der Waals surface area contributed by atoms with Crippen LogP contribution in [0.25, 0.3) is 0 Å². The van der Waals surface area contributed by atoms with Crippen LogP contribution in [0.5, 0.6) is 0 Å². The van der Waals surface area contributed by atoms with Crippen LogP contribution in [-0.2, 0) is 39.2 Å². The van der Waals surface area contributed by atoms with Gasteiger partial charge in [-0.3, -0.25) is 14.4 Å². The number of amides is 1. The zero-order valence-corrected chi connectivity index (χ0v) is 17.0. The number of rotatable bonds is 5. The molecular weight excluding hydrogens is 370 g/mol. The third-order valence-electron chi connectivity index (χ3n) is 4.83. The van der Waals surface area contributed by atoms with Gasteiger partial charge in [0.15, 0.2) is 0 Å². The summed E-state index contributed by atoms with van der Waals surface area (Å²) in [5, 5.41) is 7.43. The molecule has 1 fully saturated rings. The van der Waals surface area contributed by atoms with Crippen molar-refractivity contribution in [1.82, 2.24) is 24.3 Å². The topological polar surface area (TPSA) is 96.8 Å². The summed E-state index contributed by atoms with van der Waals surface area (Å²) in [5.41, 5.74) is 1.61. The second kappa shape index (κ2) is 8.26. The van der Waals surface area contributed by atoms with E-state index in [1.807, 2.05) is 24.6 Å². The summed E-state index contributed by atoms with van der Waals surface area (Å²) in [7, 11) is -3.23. The molecule has 2 aliphatic heterocycles. The fraction of sp³-hybridized carbons (Fsp3) is 0.765. The molecule has 27 heavy (non-hydrogen) atoms. The summed E-state index contributed by atoms with van der Waals surface area (Å²) >= 11 is 0. The van der Waals surface area contributed by atoms with E-state index in [0.717, 1.165) is 30.9 Å². The molecule has 9 nitrogen and oxygen atoms in total. The lowest BCUT2D eigenvalue weighted by molar-refractivity contribution is -0.126. The van der Waals surface area contributed by atoms with E-state index < -0.39 is 10.0 Å². The smallest absolute Gasteiger partial charge is 0.234 e. The van der Waals surface area contributed by atoms with Crippen molar-refractivity contribution >= 4 is 15.9 Å². The highest BCUT2D eigenvalue weighted by Gasteiger charge is 2.25. The molecule has 0 aromatic carbocycles.